The van der Waals surface area contributed by atoms with E-state index in [1.165, 1.54) is 32.9 Å². The topological polar surface area (TPSA) is 100 Å². The zero-order valence-corrected chi connectivity index (χ0v) is 19.3. The van der Waals surface area contributed by atoms with Crippen LogP contribution in [0.25, 0.3) is 0 Å². The fraction of sp³-hybridized carbons (Fsp3) is 0.450. The number of morpholine rings is 1. The van der Waals surface area contributed by atoms with Crippen molar-refractivity contribution >= 4 is 20.0 Å². The summed E-state index contributed by atoms with van der Waals surface area (Å²) in [7, 11) is -3.77. The van der Waals surface area contributed by atoms with Crippen molar-refractivity contribution in [3.63, 3.8) is 0 Å². The molecule has 2 heterocycles. The molecule has 11 heteroatoms. The minimum absolute atomic E-state index is 0.0519. The van der Waals surface area contributed by atoms with Gasteiger partial charge in [0, 0.05) is 45.1 Å². The van der Waals surface area contributed by atoms with Gasteiger partial charge in [0.1, 0.15) is 0 Å². The van der Waals surface area contributed by atoms with Crippen molar-refractivity contribution in [2.24, 2.45) is 0 Å². The minimum Gasteiger partial charge on any atom is -0.379 e. The SMILES string of the molecule is CN(C)CCN(Cc1cccnc1)S(=O)(=O)c1ccc(S(=O)(=O)N2CCOCC2)cc1. The largest absolute Gasteiger partial charge is 0.379 e. The zero-order chi connectivity index (χ0) is 22.5. The van der Waals surface area contributed by atoms with Crippen LogP contribution in [0.15, 0.2) is 58.6 Å². The van der Waals surface area contributed by atoms with Gasteiger partial charge in [0.25, 0.3) is 0 Å². The van der Waals surface area contributed by atoms with Crippen LogP contribution in [0.1, 0.15) is 5.56 Å². The van der Waals surface area contributed by atoms with Gasteiger partial charge in [0.05, 0.1) is 23.0 Å². The molecular weight excluding hydrogens is 440 g/mol. The summed E-state index contributed by atoms with van der Waals surface area (Å²) in [6, 6.07) is 9.00. The number of rotatable bonds is 9. The van der Waals surface area contributed by atoms with Gasteiger partial charge in [-0.15, -0.1) is 0 Å². The third-order valence-electron chi connectivity index (χ3n) is 4.95. The molecule has 3 rings (SSSR count). The van der Waals surface area contributed by atoms with Gasteiger partial charge in [-0.05, 0) is 50.0 Å². The van der Waals surface area contributed by atoms with Crippen LogP contribution < -0.4 is 0 Å². The summed E-state index contributed by atoms with van der Waals surface area (Å²) in [5.74, 6) is 0. The summed E-state index contributed by atoms with van der Waals surface area (Å²) in [5.41, 5.74) is 0.774. The maximum absolute atomic E-state index is 13.3. The van der Waals surface area contributed by atoms with E-state index in [0.29, 0.717) is 19.8 Å². The molecule has 1 aromatic carbocycles. The van der Waals surface area contributed by atoms with Gasteiger partial charge in [0.2, 0.25) is 20.0 Å². The molecular formula is C20H28N4O5S2. The maximum atomic E-state index is 13.3. The fourth-order valence-corrected chi connectivity index (χ4v) is 5.99. The molecule has 1 fully saturated rings. The van der Waals surface area contributed by atoms with Crippen molar-refractivity contribution in [3.05, 3.63) is 54.4 Å². The van der Waals surface area contributed by atoms with Gasteiger partial charge < -0.3 is 9.64 Å². The molecule has 0 saturated carbocycles. The highest BCUT2D eigenvalue weighted by Crippen LogP contribution is 2.22. The molecule has 31 heavy (non-hydrogen) atoms. The first kappa shape index (κ1) is 23.8. The summed E-state index contributed by atoms with van der Waals surface area (Å²) in [4.78, 5) is 6.09. The Morgan fingerprint density at radius 1 is 0.968 bits per heavy atom. The second kappa shape index (κ2) is 10.2. The molecule has 0 radical (unpaired) electrons. The number of ether oxygens (including phenoxy) is 1. The van der Waals surface area contributed by atoms with E-state index in [2.05, 4.69) is 4.98 Å². The zero-order valence-electron chi connectivity index (χ0n) is 17.7. The highest BCUT2D eigenvalue weighted by Gasteiger charge is 2.28. The molecule has 0 atom stereocenters. The average molecular weight is 469 g/mol. The number of nitrogens with zero attached hydrogens (tertiary/aromatic N) is 4. The lowest BCUT2D eigenvalue weighted by molar-refractivity contribution is 0.0730. The number of sulfonamides is 2. The highest BCUT2D eigenvalue weighted by molar-refractivity contribution is 7.89. The Kier molecular flexibility index (Phi) is 7.78. The molecule has 0 N–H and O–H groups in total. The molecule has 1 aliphatic rings. The van der Waals surface area contributed by atoms with E-state index in [1.807, 2.05) is 25.1 Å². The summed E-state index contributed by atoms with van der Waals surface area (Å²) < 4.78 is 60.2. The molecule has 1 saturated heterocycles. The van der Waals surface area contributed by atoms with Crippen molar-refractivity contribution in [1.82, 2.24) is 18.5 Å². The number of likely N-dealkylation sites (N-methyl/N-ethyl adjacent to an activating group) is 1. The Labute approximate surface area is 184 Å². The third kappa shape index (κ3) is 5.88. The Morgan fingerprint density at radius 2 is 1.61 bits per heavy atom. The van der Waals surface area contributed by atoms with E-state index < -0.39 is 20.0 Å². The Bertz CT molecular complexity index is 1050. The summed E-state index contributed by atoms with van der Waals surface area (Å²) in [6.07, 6.45) is 3.27. The van der Waals surface area contributed by atoms with Gasteiger partial charge in [-0.1, -0.05) is 6.07 Å². The lowest BCUT2D eigenvalue weighted by atomic mass is 10.3. The van der Waals surface area contributed by atoms with Crippen molar-refractivity contribution in [2.75, 3.05) is 53.5 Å². The summed E-state index contributed by atoms with van der Waals surface area (Å²) >= 11 is 0. The molecule has 1 aromatic heterocycles. The van der Waals surface area contributed by atoms with Gasteiger partial charge in [-0.25, -0.2) is 16.8 Å². The van der Waals surface area contributed by atoms with E-state index >= 15 is 0 Å². The average Bonchev–Trinajstić information content (AvgIpc) is 2.77. The second-order valence-electron chi connectivity index (χ2n) is 7.49. The quantitative estimate of drug-likeness (QED) is 0.538. The predicted octanol–water partition coefficient (Wildman–Crippen LogP) is 0.855. The van der Waals surface area contributed by atoms with E-state index in [-0.39, 0.29) is 36.0 Å². The predicted molar refractivity (Wildman–Crippen MR) is 116 cm³/mol. The standard InChI is InChI=1S/C20H28N4O5S2/c1-22(2)10-11-24(17-18-4-3-9-21-16-18)31(27,28)20-7-5-19(6-8-20)30(25,26)23-12-14-29-15-13-23/h3-9,16H,10-15,17H2,1-2H3. The van der Waals surface area contributed by atoms with Crippen LogP contribution >= 0.6 is 0 Å². The van der Waals surface area contributed by atoms with Crippen LogP contribution in [-0.2, 0) is 31.3 Å². The maximum Gasteiger partial charge on any atom is 0.243 e. The van der Waals surface area contributed by atoms with Crippen LogP contribution in [0, 0.1) is 0 Å². The number of hydrogen-bond donors (Lipinski definition) is 0. The molecule has 0 bridgehead atoms. The first-order valence-corrected chi connectivity index (χ1v) is 12.8. The van der Waals surface area contributed by atoms with Crippen molar-refractivity contribution in [3.8, 4) is 0 Å². The molecule has 170 valence electrons. The molecule has 0 spiro atoms. The van der Waals surface area contributed by atoms with Gasteiger partial charge in [0.15, 0.2) is 0 Å². The van der Waals surface area contributed by atoms with Crippen molar-refractivity contribution in [1.29, 1.82) is 0 Å². The molecule has 0 amide bonds. The van der Waals surface area contributed by atoms with Crippen molar-refractivity contribution in [2.45, 2.75) is 16.3 Å². The van der Waals surface area contributed by atoms with E-state index in [0.717, 1.165) is 5.56 Å². The molecule has 1 aliphatic heterocycles. The van der Waals surface area contributed by atoms with Gasteiger partial charge in [-0.2, -0.15) is 8.61 Å². The van der Waals surface area contributed by atoms with Crippen LogP contribution in [0.4, 0.5) is 0 Å². The number of hydrogen-bond acceptors (Lipinski definition) is 7. The lowest BCUT2D eigenvalue weighted by Crippen LogP contribution is -2.40. The molecule has 0 aliphatic carbocycles. The normalized spacial score (nSPS) is 16.1. The Morgan fingerprint density at radius 3 is 2.19 bits per heavy atom. The monoisotopic (exact) mass is 468 g/mol. The first-order valence-electron chi connectivity index (χ1n) is 9.93. The molecule has 0 unspecified atom stereocenters. The minimum atomic E-state index is -3.83. The van der Waals surface area contributed by atoms with E-state index in [1.54, 1.807) is 18.5 Å². The second-order valence-corrected chi connectivity index (χ2v) is 11.4. The van der Waals surface area contributed by atoms with Crippen LogP contribution in [-0.4, -0.2) is 88.8 Å². The van der Waals surface area contributed by atoms with Crippen LogP contribution in [0.2, 0.25) is 0 Å². The third-order valence-corrected chi connectivity index (χ3v) is 8.72. The molecule has 2 aromatic rings. The number of aromatic nitrogens is 1. The summed E-state index contributed by atoms with van der Waals surface area (Å²) in [6.45, 7) is 2.28. The fourth-order valence-electron chi connectivity index (χ4n) is 3.16. The van der Waals surface area contributed by atoms with Gasteiger partial charge in [-0.3, -0.25) is 4.98 Å². The Balaban J connectivity index is 1.85. The lowest BCUT2D eigenvalue weighted by Gasteiger charge is -2.26. The van der Waals surface area contributed by atoms with Gasteiger partial charge >= 0.3 is 0 Å². The van der Waals surface area contributed by atoms with Crippen LogP contribution in [0.3, 0.4) is 0 Å². The number of benzene rings is 1. The first-order chi connectivity index (χ1) is 14.7. The highest BCUT2D eigenvalue weighted by atomic mass is 32.2. The van der Waals surface area contributed by atoms with E-state index in [9.17, 15) is 16.8 Å². The number of pyridine rings is 1. The van der Waals surface area contributed by atoms with E-state index in [4.69, 9.17) is 4.74 Å². The summed E-state index contributed by atoms with van der Waals surface area (Å²) in [5, 5.41) is 0. The Hall–Kier alpha value is -1.89. The van der Waals surface area contributed by atoms with Crippen LogP contribution in [0.5, 0.6) is 0 Å². The molecule has 9 nitrogen and oxygen atoms in total. The smallest absolute Gasteiger partial charge is 0.243 e. The van der Waals surface area contributed by atoms with Crippen molar-refractivity contribution < 1.29 is 21.6 Å².